The molecular weight excluding hydrogens is 218 g/mol. The van der Waals surface area contributed by atoms with E-state index in [0.29, 0.717) is 32.5 Å². The Labute approximate surface area is 89.4 Å². The number of carbonyl (C=O) groups excluding carboxylic acids is 1. The van der Waals surface area contributed by atoms with Crippen LogP contribution in [-0.2, 0) is 19.6 Å². The lowest BCUT2D eigenvalue weighted by Crippen LogP contribution is -2.44. The van der Waals surface area contributed by atoms with Crippen LogP contribution < -0.4 is 0 Å². The molecule has 15 heavy (non-hydrogen) atoms. The minimum atomic E-state index is -3.11. The maximum Gasteiger partial charge on any atom is 0.312 e. The van der Waals surface area contributed by atoms with Crippen molar-refractivity contribution in [2.75, 3.05) is 26.0 Å². The maximum atomic E-state index is 11.5. The minimum Gasteiger partial charge on any atom is -0.465 e. The first-order valence-corrected chi connectivity index (χ1v) is 6.91. The highest BCUT2D eigenvalue weighted by Crippen LogP contribution is 2.40. The number of carbonyl (C=O) groups is 1. The second-order valence-electron chi connectivity index (χ2n) is 4.33. The van der Waals surface area contributed by atoms with Gasteiger partial charge in [0.15, 0.2) is 0 Å². The Morgan fingerprint density at radius 3 is 2.27 bits per heavy atom. The van der Waals surface area contributed by atoms with Gasteiger partial charge in [0.05, 0.1) is 18.3 Å². The molecule has 0 aromatic heterocycles. The summed E-state index contributed by atoms with van der Waals surface area (Å²) in [5.74, 6) is -0.143. The van der Waals surface area contributed by atoms with Crippen LogP contribution in [0.1, 0.15) is 19.3 Å². The standard InChI is InChI=1S/C9H15NO4S/c1-15(12,13)10-5-2-9(3-6-10)4-7-14-8(9)11/h2-7H2,1H3. The molecule has 0 amide bonds. The van der Waals surface area contributed by atoms with Crippen LogP contribution in [0.2, 0.25) is 0 Å². The third-order valence-corrected chi connectivity index (χ3v) is 4.70. The summed E-state index contributed by atoms with van der Waals surface area (Å²) >= 11 is 0. The zero-order chi connectivity index (χ0) is 11.1. The van der Waals surface area contributed by atoms with Crippen molar-refractivity contribution in [2.24, 2.45) is 5.41 Å². The van der Waals surface area contributed by atoms with E-state index in [1.54, 1.807) is 0 Å². The van der Waals surface area contributed by atoms with E-state index in [2.05, 4.69) is 0 Å². The Kier molecular flexibility index (Phi) is 2.50. The largest absolute Gasteiger partial charge is 0.465 e. The van der Waals surface area contributed by atoms with E-state index in [1.807, 2.05) is 0 Å². The van der Waals surface area contributed by atoms with Gasteiger partial charge in [0.2, 0.25) is 10.0 Å². The fourth-order valence-electron chi connectivity index (χ4n) is 2.29. The number of nitrogens with zero attached hydrogens (tertiary/aromatic N) is 1. The normalized spacial score (nSPS) is 26.9. The van der Waals surface area contributed by atoms with Crippen LogP contribution >= 0.6 is 0 Å². The second kappa shape index (κ2) is 3.45. The number of ether oxygens (including phenoxy) is 1. The van der Waals surface area contributed by atoms with Crippen LogP contribution in [-0.4, -0.2) is 44.6 Å². The molecule has 0 radical (unpaired) electrons. The van der Waals surface area contributed by atoms with Crippen molar-refractivity contribution in [1.29, 1.82) is 0 Å². The summed E-state index contributed by atoms with van der Waals surface area (Å²) in [6.45, 7) is 1.36. The van der Waals surface area contributed by atoms with Crippen LogP contribution in [0.25, 0.3) is 0 Å². The van der Waals surface area contributed by atoms with Crippen molar-refractivity contribution >= 4 is 16.0 Å². The molecular formula is C9H15NO4S. The topological polar surface area (TPSA) is 63.7 Å². The van der Waals surface area contributed by atoms with Gasteiger partial charge < -0.3 is 4.74 Å². The lowest BCUT2D eigenvalue weighted by atomic mass is 9.78. The third kappa shape index (κ3) is 1.88. The molecule has 2 aliphatic heterocycles. The fourth-order valence-corrected chi connectivity index (χ4v) is 3.14. The van der Waals surface area contributed by atoms with E-state index in [1.165, 1.54) is 10.6 Å². The molecule has 0 aromatic carbocycles. The fraction of sp³-hybridized carbons (Fsp3) is 0.889. The highest BCUT2D eigenvalue weighted by molar-refractivity contribution is 7.88. The van der Waals surface area contributed by atoms with Gasteiger partial charge in [-0.3, -0.25) is 4.79 Å². The summed E-state index contributed by atoms with van der Waals surface area (Å²) in [4.78, 5) is 11.5. The number of esters is 1. The van der Waals surface area contributed by atoms with Gasteiger partial charge in [-0.2, -0.15) is 0 Å². The minimum absolute atomic E-state index is 0.143. The molecule has 5 nitrogen and oxygen atoms in total. The summed E-state index contributed by atoms with van der Waals surface area (Å²) in [5, 5.41) is 0. The Morgan fingerprint density at radius 1 is 1.27 bits per heavy atom. The zero-order valence-corrected chi connectivity index (χ0v) is 9.55. The van der Waals surface area contributed by atoms with Gasteiger partial charge in [-0.05, 0) is 19.3 Å². The third-order valence-electron chi connectivity index (χ3n) is 3.40. The smallest absolute Gasteiger partial charge is 0.312 e. The van der Waals surface area contributed by atoms with E-state index in [-0.39, 0.29) is 11.4 Å². The first kappa shape index (κ1) is 10.9. The number of piperidine rings is 1. The average Bonchev–Trinajstić information content (AvgIpc) is 2.48. The number of hydrogen-bond acceptors (Lipinski definition) is 4. The van der Waals surface area contributed by atoms with E-state index in [0.717, 1.165) is 6.42 Å². The van der Waals surface area contributed by atoms with Gasteiger partial charge in [-0.25, -0.2) is 12.7 Å². The van der Waals surface area contributed by atoms with Crippen LogP contribution in [0, 0.1) is 5.41 Å². The van der Waals surface area contributed by atoms with E-state index in [9.17, 15) is 13.2 Å². The molecule has 2 fully saturated rings. The van der Waals surface area contributed by atoms with E-state index < -0.39 is 10.0 Å². The van der Waals surface area contributed by atoms with Gasteiger partial charge in [0.1, 0.15) is 0 Å². The average molecular weight is 233 g/mol. The molecule has 2 saturated heterocycles. The van der Waals surface area contributed by atoms with Gasteiger partial charge in [-0.15, -0.1) is 0 Å². The van der Waals surface area contributed by atoms with Crippen LogP contribution in [0.3, 0.4) is 0 Å². The second-order valence-corrected chi connectivity index (χ2v) is 6.31. The molecule has 0 bridgehead atoms. The number of sulfonamides is 1. The van der Waals surface area contributed by atoms with Crippen LogP contribution in [0.4, 0.5) is 0 Å². The molecule has 0 unspecified atom stereocenters. The molecule has 0 aliphatic carbocycles. The lowest BCUT2D eigenvalue weighted by molar-refractivity contribution is -0.147. The summed E-state index contributed by atoms with van der Waals surface area (Å²) in [7, 11) is -3.11. The van der Waals surface area contributed by atoms with Gasteiger partial charge in [0, 0.05) is 13.1 Å². The molecule has 2 rings (SSSR count). The molecule has 2 aliphatic rings. The van der Waals surface area contributed by atoms with Crippen LogP contribution in [0.5, 0.6) is 0 Å². The molecule has 0 saturated carbocycles. The Balaban J connectivity index is 2.06. The molecule has 86 valence electrons. The van der Waals surface area contributed by atoms with Gasteiger partial charge in [-0.1, -0.05) is 0 Å². The predicted molar refractivity (Wildman–Crippen MR) is 53.7 cm³/mol. The Hall–Kier alpha value is -0.620. The van der Waals surface area contributed by atoms with Crippen LogP contribution in [0.15, 0.2) is 0 Å². The zero-order valence-electron chi connectivity index (χ0n) is 8.73. The quantitative estimate of drug-likeness (QED) is 0.597. The first-order valence-electron chi connectivity index (χ1n) is 5.06. The van der Waals surface area contributed by atoms with E-state index in [4.69, 9.17) is 4.74 Å². The SMILES string of the molecule is CS(=O)(=O)N1CCC2(CCOC2=O)CC1. The lowest BCUT2D eigenvalue weighted by Gasteiger charge is -2.34. The molecule has 2 heterocycles. The molecule has 0 N–H and O–H groups in total. The predicted octanol–water partition coefficient (Wildman–Crippen LogP) is -0.0249. The van der Waals surface area contributed by atoms with Gasteiger partial charge in [0.25, 0.3) is 0 Å². The van der Waals surface area contributed by atoms with Crippen molar-refractivity contribution in [3.8, 4) is 0 Å². The van der Waals surface area contributed by atoms with Crippen molar-refractivity contribution in [1.82, 2.24) is 4.31 Å². The summed E-state index contributed by atoms with van der Waals surface area (Å²) in [6, 6.07) is 0. The van der Waals surface area contributed by atoms with Crippen molar-refractivity contribution in [2.45, 2.75) is 19.3 Å². The summed E-state index contributed by atoms with van der Waals surface area (Å²) < 4.78 is 29.0. The molecule has 0 atom stereocenters. The maximum absolute atomic E-state index is 11.5. The summed E-state index contributed by atoms with van der Waals surface area (Å²) in [5.41, 5.74) is -0.388. The summed E-state index contributed by atoms with van der Waals surface area (Å²) in [6.07, 6.45) is 3.14. The Bertz CT molecular complexity index is 368. The van der Waals surface area contributed by atoms with Crippen molar-refractivity contribution < 1.29 is 17.9 Å². The highest BCUT2D eigenvalue weighted by Gasteiger charge is 2.47. The first-order chi connectivity index (χ1) is 6.94. The number of rotatable bonds is 1. The Morgan fingerprint density at radius 2 is 1.87 bits per heavy atom. The highest BCUT2D eigenvalue weighted by atomic mass is 32.2. The molecule has 1 spiro atoms. The van der Waals surface area contributed by atoms with Gasteiger partial charge >= 0.3 is 5.97 Å². The van der Waals surface area contributed by atoms with Crippen molar-refractivity contribution in [3.05, 3.63) is 0 Å². The number of cyclic esters (lactones) is 1. The monoisotopic (exact) mass is 233 g/mol. The molecule has 0 aromatic rings. The van der Waals surface area contributed by atoms with Crippen molar-refractivity contribution in [3.63, 3.8) is 0 Å². The molecule has 6 heteroatoms. The number of hydrogen-bond donors (Lipinski definition) is 0. The van der Waals surface area contributed by atoms with E-state index >= 15 is 0 Å².